The van der Waals surface area contributed by atoms with Gasteiger partial charge in [-0.3, -0.25) is 9.36 Å². The van der Waals surface area contributed by atoms with Gasteiger partial charge in [-0.05, 0) is 37.6 Å². The first kappa shape index (κ1) is 17.3. The average Bonchev–Trinajstić information content (AvgIpc) is 2.68. The summed E-state index contributed by atoms with van der Waals surface area (Å²) in [4.78, 5) is 17.9. The molecular weight excluding hydrogens is 348 g/mol. The van der Waals surface area contributed by atoms with Gasteiger partial charge in [-0.25, -0.2) is 4.98 Å². The minimum Gasteiger partial charge on any atom is -0.355 e. The second kappa shape index (κ2) is 7.61. The molecule has 1 fully saturated rings. The number of fused-ring (bicyclic) bond motifs is 1. The lowest BCUT2D eigenvalue weighted by Crippen LogP contribution is -2.27. The summed E-state index contributed by atoms with van der Waals surface area (Å²) in [6.45, 7) is 3.08. The largest absolute Gasteiger partial charge is 0.355 e. The van der Waals surface area contributed by atoms with Crippen molar-refractivity contribution >= 4 is 22.7 Å². The summed E-state index contributed by atoms with van der Waals surface area (Å²) in [6.07, 6.45) is 0.971. The van der Waals surface area contributed by atoms with Crippen LogP contribution in [0.25, 0.3) is 16.6 Å². The Labute approximate surface area is 156 Å². The molecular formula is C20H20N2O3S. The zero-order chi connectivity index (χ0) is 17.9. The third-order valence-corrected chi connectivity index (χ3v) is 5.48. The zero-order valence-corrected chi connectivity index (χ0v) is 15.4. The second-order valence-electron chi connectivity index (χ2n) is 6.30. The summed E-state index contributed by atoms with van der Waals surface area (Å²) in [5.41, 5.74) is 2.65. The van der Waals surface area contributed by atoms with E-state index in [0.717, 1.165) is 28.9 Å². The second-order valence-corrected chi connectivity index (χ2v) is 7.29. The van der Waals surface area contributed by atoms with E-state index < -0.39 is 0 Å². The molecule has 1 atom stereocenters. The molecule has 3 aromatic rings. The van der Waals surface area contributed by atoms with Crippen LogP contribution in [0.5, 0.6) is 0 Å². The van der Waals surface area contributed by atoms with Gasteiger partial charge in [0.2, 0.25) is 0 Å². The molecule has 1 aromatic heterocycles. The van der Waals surface area contributed by atoms with Crippen molar-refractivity contribution in [3.8, 4) is 5.69 Å². The standard InChI is InChI=1S/C20H20N2O3S/c1-14-6-8-15(9-7-14)22-19(23)17-4-2-3-5-18(17)21-20(22)26-12-16-10-11-24-13-25-16/h2-9,16H,10-13H2,1H3/t16-/m1/s1. The predicted molar refractivity (Wildman–Crippen MR) is 103 cm³/mol. The summed E-state index contributed by atoms with van der Waals surface area (Å²) >= 11 is 1.55. The first-order valence-corrected chi connectivity index (χ1v) is 9.62. The Balaban J connectivity index is 1.77. The summed E-state index contributed by atoms with van der Waals surface area (Å²) in [5.74, 6) is 0.736. The highest BCUT2D eigenvalue weighted by Crippen LogP contribution is 2.24. The molecule has 1 aliphatic heterocycles. The Hall–Kier alpha value is -2.15. The molecule has 134 valence electrons. The minimum absolute atomic E-state index is 0.0464. The van der Waals surface area contributed by atoms with Crippen LogP contribution in [0.2, 0.25) is 0 Å². The molecule has 5 nitrogen and oxygen atoms in total. The fourth-order valence-corrected chi connectivity index (χ4v) is 4.01. The summed E-state index contributed by atoms with van der Waals surface area (Å²) in [5, 5.41) is 1.31. The number of hydrogen-bond donors (Lipinski definition) is 0. The first-order valence-electron chi connectivity index (χ1n) is 8.63. The van der Waals surface area contributed by atoms with Gasteiger partial charge in [0, 0.05) is 5.75 Å². The number of ether oxygens (including phenoxy) is 2. The normalized spacial score (nSPS) is 17.5. The highest BCUT2D eigenvalue weighted by Gasteiger charge is 2.18. The summed E-state index contributed by atoms with van der Waals surface area (Å²) in [6, 6.07) is 15.4. The van der Waals surface area contributed by atoms with Crippen LogP contribution in [0.15, 0.2) is 58.5 Å². The van der Waals surface area contributed by atoms with E-state index >= 15 is 0 Å². The summed E-state index contributed by atoms with van der Waals surface area (Å²) < 4.78 is 12.6. The fraction of sp³-hybridized carbons (Fsp3) is 0.300. The van der Waals surface area contributed by atoms with E-state index in [-0.39, 0.29) is 11.7 Å². The van der Waals surface area contributed by atoms with E-state index in [9.17, 15) is 4.79 Å². The Morgan fingerprint density at radius 3 is 2.77 bits per heavy atom. The minimum atomic E-state index is -0.0464. The molecule has 0 aliphatic carbocycles. The van der Waals surface area contributed by atoms with Gasteiger partial charge in [0.05, 0.1) is 29.3 Å². The number of benzene rings is 2. The number of hydrogen-bond acceptors (Lipinski definition) is 5. The van der Waals surface area contributed by atoms with Crippen molar-refractivity contribution in [1.29, 1.82) is 0 Å². The van der Waals surface area contributed by atoms with Crippen molar-refractivity contribution in [2.45, 2.75) is 24.6 Å². The van der Waals surface area contributed by atoms with Gasteiger partial charge in [-0.1, -0.05) is 41.6 Å². The van der Waals surface area contributed by atoms with Crippen LogP contribution in [0.3, 0.4) is 0 Å². The van der Waals surface area contributed by atoms with E-state index in [0.29, 0.717) is 23.9 Å². The zero-order valence-electron chi connectivity index (χ0n) is 14.6. The molecule has 0 unspecified atom stereocenters. The molecule has 26 heavy (non-hydrogen) atoms. The van der Waals surface area contributed by atoms with Gasteiger partial charge in [0.25, 0.3) is 5.56 Å². The maximum atomic E-state index is 13.1. The fourth-order valence-electron chi connectivity index (χ4n) is 2.93. The van der Waals surface area contributed by atoms with E-state index in [1.165, 1.54) is 0 Å². The first-order chi connectivity index (χ1) is 12.7. The van der Waals surface area contributed by atoms with Crippen molar-refractivity contribution in [1.82, 2.24) is 9.55 Å². The van der Waals surface area contributed by atoms with Crippen molar-refractivity contribution in [3.63, 3.8) is 0 Å². The van der Waals surface area contributed by atoms with Crippen LogP contribution in [-0.4, -0.2) is 34.8 Å². The Morgan fingerprint density at radius 1 is 1.19 bits per heavy atom. The molecule has 2 heterocycles. The average molecular weight is 368 g/mol. The lowest BCUT2D eigenvalue weighted by atomic mass is 10.2. The molecule has 0 saturated carbocycles. The Kier molecular flexibility index (Phi) is 5.06. The predicted octanol–water partition coefficient (Wildman–Crippen LogP) is 3.55. The molecule has 0 bridgehead atoms. The van der Waals surface area contributed by atoms with Gasteiger partial charge in [-0.15, -0.1) is 0 Å². The molecule has 6 heteroatoms. The van der Waals surface area contributed by atoms with Crippen molar-refractivity contribution in [3.05, 3.63) is 64.4 Å². The quantitative estimate of drug-likeness (QED) is 0.521. The molecule has 0 amide bonds. The molecule has 0 N–H and O–H groups in total. The topological polar surface area (TPSA) is 53.4 Å². The van der Waals surface area contributed by atoms with E-state index in [2.05, 4.69) is 0 Å². The van der Waals surface area contributed by atoms with Gasteiger partial charge >= 0.3 is 0 Å². The summed E-state index contributed by atoms with van der Waals surface area (Å²) in [7, 11) is 0. The lowest BCUT2D eigenvalue weighted by molar-refractivity contribution is -0.130. The van der Waals surface area contributed by atoms with Crippen LogP contribution in [0.1, 0.15) is 12.0 Å². The number of aromatic nitrogens is 2. The third-order valence-electron chi connectivity index (χ3n) is 4.41. The van der Waals surface area contributed by atoms with E-state index in [1.807, 2.05) is 55.5 Å². The van der Waals surface area contributed by atoms with Crippen LogP contribution in [-0.2, 0) is 9.47 Å². The Morgan fingerprint density at radius 2 is 2.00 bits per heavy atom. The maximum Gasteiger partial charge on any atom is 0.266 e. The maximum absolute atomic E-state index is 13.1. The Bertz CT molecular complexity index is 963. The molecule has 1 saturated heterocycles. The molecule has 0 radical (unpaired) electrons. The third kappa shape index (κ3) is 3.53. The highest BCUT2D eigenvalue weighted by atomic mass is 32.2. The van der Waals surface area contributed by atoms with Crippen LogP contribution in [0.4, 0.5) is 0 Å². The van der Waals surface area contributed by atoms with E-state index in [4.69, 9.17) is 14.5 Å². The van der Waals surface area contributed by atoms with Gasteiger partial charge < -0.3 is 9.47 Å². The molecule has 2 aromatic carbocycles. The highest BCUT2D eigenvalue weighted by molar-refractivity contribution is 7.99. The smallest absolute Gasteiger partial charge is 0.266 e. The van der Waals surface area contributed by atoms with Crippen LogP contribution in [0, 0.1) is 6.92 Å². The van der Waals surface area contributed by atoms with Crippen molar-refractivity contribution in [2.75, 3.05) is 19.2 Å². The van der Waals surface area contributed by atoms with Crippen LogP contribution >= 0.6 is 11.8 Å². The molecule has 1 aliphatic rings. The number of thioether (sulfide) groups is 1. The SMILES string of the molecule is Cc1ccc(-n2c(SC[C@H]3CCOCO3)nc3ccccc3c2=O)cc1. The lowest BCUT2D eigenvalue weighted by Gasteiger charge is -2.22. The number of para-hydroxylation sites is 1. The van der Waals surface area contributed by atoms with E-state index in [1.54, 1.807) is 16.3 Å². The molecule has 0 spiro atoms. The monoisotopic (exact) mass is 368 g/mol. The van der Waals surface area contributed by atoms with Gasteiger partial charge in [0.1, 0.15) is 6.79 Å². The van der Waals surface area contributed by atoms with Gasteiger partial charge in [0.15, 0.2) is 5.16 Å². The molecule has 4 rings (SSSR count). The number of rotatable bonds is 4. The van der Waals surface area contributed by atoms with Crippen molar-refractivity contribution in [2.24, 2.45) is 0 Å². The van der Waals surface area contributed by atoms with Crippen LogP contribution < -0.4 is 5.56 Å². The van der Waals surface area contributed by atoms with Gasteiger partial charge in [-0.2, -0.15) is 0 Å². The number of nitrogens with zero attached hydrogens (tertiary/aromatic N) is 2. The number of aryl methyl sites for hydroxylation is 1. The van der Waals surface area contributed by atoms with Crippen molar-refractivity contribution < 1.29 is 9.47 Å².